The Morgan fingerprint density at radius 3 is 2.39 bits per heavy atom. The molecule has 2 aromatic rings. The van der Waals surface area contributed by atoms with Crippen LogP contribution in [0.1, 0.15) is 30.7 Å². The van der Waals surface area contributed by atoms with E-state index in [2.05, 4.69) is 10.6 Å². The quantitative estimate of drug-likeness (QED) is 0.861. The number of Topliss-reactive ketones (excluding diaryl/α,β-unsaturated/α-hetero) is 1. The predicted octanol–water partition coefficient (Wildman–Crippen LogP) is 3.30. The molecule has 28 heavy (non-hydrogen) atoms. The summed E-state index contributed by atoms with van der Waals surface area (Å²) in [4.78, 5) is 37.9. The van der Waals surface area contributed by atoms with Crippen molar-refractivity contribution in [3.05, 3.63) is 77.2 Å². The first-order valence-corrected chi connectivity index (χ1v) is 9.18. The molecule has 2 atom stereocenters. The molecule has 5 nitrogen and oxygen atoms in total. The Kier molecular flexibility index (Phi) is 4.77. The van der Waals surface area contributed by atoms with Gasteiger partial charge < -0.3 is 10.6 Å². The number of rotatable bonds is 3. The smallest absolute Gasteiger partial charge is 0.232 e. The van der Waals surface area contributed by atoms with Crippen LogP contribution >= 0.6 is 0 Å². The highest BCUT2D eigenvalue weighted by Crippen LogP contribution is 2.39. The third-order valence-electron chi connectivity index (χ3n) is 5.24. The molecule has 0 saturated carbocycles. The molecule has 1 aliphatic carbocycles. The first kappa shape index (κ1) is 18.1. The van der Waals surface area contributed by atoms with E-state index in [4.69, 9.17) is 0 Å². The summed E-state index contributed by atoms with van der Waals surface area (Å²) in [6.07, 6.45) is 0.740. The van der Waals surface area contributed by atoms with Crippen LogP contribution in [0.25, 0.3) is 0 Å². The Morgan fingerprint density at radius 1 is 0.964 bits per heavy atom. The van der Waals surface area contributed by atoms with Crippen LogP contribution in [-0.2, 0) is 14.4 Å². The number of carbonyl (C=O) groups excluding carboxylic acids is 3. The fourth-order valence-corrected chi connectivity index (χ4v) is 3.91. The van der Waals surface area contributed by atoms with E-state index in [0.717, 1.165) is 5.56 Å². The molecule has 0 unspecified atom stereocenters. The van der Waals surface area contributed by atoms with E-state index in [1.165, 1.54) is 24.3 Å². The van der Waals surface area contributed by atoms with Crippen molar-refractivity contribution >= 4 is 23.3 Å². The van der Waals surface area contributed by atoms with Crippen LogP contribution in [0.2, 0.25) is 0 Å². The van der Waals surface area contributed by atoms with Crippen LogP contribution in [0.4, 0.5) is 10.1 Å². The van der Waals surface area contributed by atoms with Gasteiger partial charge in [-0.1, -0.05) is 30.3 Å². The van der Waals surface area contributed by atoms with Crippen LogP contribution in [0.5, 0.6) is 0 Å². The molecule has 2 amide bonds. The summed E-state index contributed by atoms with van der Waals surface area (Å²) in [6.45, 7) is 0. The summed E-state index contributed by atoms with van der Waals surface area (Å²) in [5, 5.41) is 5.48. The highest BCUT2D eigenvalue weighted by molar-refractivity contribution is 6.09. The highest BCUT2D eigenvalue weighted by atomic mass is 19.1. The Bertz CT molecular complexity index is 967. The van der Waals surface area contributed by atoms with Crippen LogP contribution in [0.15, 0.2) is 65.9 Å². The molecule has 0 bridgehead atoms. The molecule has 4 rings (SSSR count). The number of hydrogen-bond acceptors (Lipinski definition) is 3. The fourth-order valence-electron chi connectivity index (χ4n) is 3.91. The molecule has 1 heterocycles. The van der Waals surface area contributed by atoms with E-state index >= 15 is 0 Å². The zero-order valence-electron chi connectivity index (χ0n) is 15.1. The number of halogens is 1. The summed E-state index contributed by atoms with van der Waals surface area (Å²) in [7, 11) is 0. The summed E-state index contributed by atoms with van der Waals surface area (Å²) in [5.74, 6) is -2.09. The van der Waals surface area contributed by atoms with E-state index in [1.807, 2.05) is 30.3 Å². The van der Waals surface area contributed by atoms with Gasteiger partial charge in [0.15, 0.2) is 5.78 Å². The summed E-state index contributed by atoms with van der Waals surface area (Å²) >= 11 is 0. The zero-order chi connectivity index (χ0) is 19.7. The minimum absolute atomic E-state index is 0.0216. The average Bonchev–Trinajstić information content (AvgIpc) is 2.69. The van der Waals surface area contributed by atoms with Crippen molar-refractivity contribution in [3.8, 4) is 0 Å². The van der Waals surface area contributed by atoms with Crippen molar-refractivity contribution in [1.29, 1.82) is 0 Å². The largest absolute Gasteiger partial charge is 0.329 e. The van der Waals surface area contributed by atoms with Crippen molar-refractivity contribution in [2.45, 2.75) is 25.2 Å². The number of anilines is 1. The molecule has 0 spiro atoms. The lowest BCUT2D eigenvalue weighted by Gasteiger charge is -2.33. The van der Waals surface area contributed by atoms with Gasteiger partial charge in [-0.15, -0.1) is 0 Å². The van der Waals surface area contributed by atoms with E-state index < -0.39 is 17.6 Å². The number of hydrogen-bond donors (Lipinski definition) is 2. The van der Waals surface area contributed by atoms with Gasteiger partial charge in [-0.05, 0) is 42.2 Å². The fraction of sp³-hybridized carbons (Fsp3) is 0.227. The monoisotopic (exact) mass is 378 g/mol. The van der Waals surface area contributed by atoms with Gasteiger partial charge in [0.1, 0.15) is 5.82 Å². The topological polar surface area (TPSA) is 75.3 Å². The number of amides is 2. The molecule has 0 aromatic heterocycles. The van der Waals surface area contributed by atoms with Gasteiger partial charge in [-0.25, -0.2) is 4.39 Å². The lowest BCUT2D eigenvalue weighted by molar-refractivity contribution is -0.129. The molecule has 1 aliphatic heterocycles. The van der Waals surface area contributed by atoms with Gasteiger partial charge in [-0.3, -0.25) is 14.4 Å². The normalized spacial score (nSPS) is 21.8. The number of carbonyl (C=O) groups is 3. The van der Waals surface area contributed by atoms with Gasteiger partial charge >= 0.3 is 0 Å². The van der Waals surface area contributed by atoms with Crippen LogP contribution in [-0.4, -0.2) is 17.6 Å². The van der Waals surface area contributed by atoms with E-state index in [9.17, 15) is 18.8 Å². The Hall–Kier alpha value is -3.28. The second kappa shape index (κ2) is 7.38. The van der Waals surface area contributed by atoms with Crippen LogP contribution in [0, 0.1) is 11.7 Å². The average molecular weight is 378 g/mol. The van der Waals surface area contributed by atoms with Gasteiger partial charge in [-0.2, -0.15) is 0 Å². The summed E-state index contributed by atoms with van der Waals surface area (Å²) in [5.41, 5.74) is 2.39. The molecule has 142 valence electrons. The van der Waals surface area contributed by atoms with Gasteiger partial charge in [0.25, 0.3) is 0 Å². The van der Waals surface area contributed by atoms with E-state index in [-0.39, 0.29) is 24.0 Å². The number of nitrogens with one attached hydrogen (secondary N) is 2. The molecule has 2 N–H and O–H groups in total. The highest BCUT2D eigenvalue weighted by Gasteiger charge is 2.40. The number of benzene rings is 2. The predicted molar refractivity (Wildman–Crippen MR) is 102 cm³/mol. The first-order chi connectivity index (χ1) is 13.5. The maximum Gasteiger partial charge on any atom is 0.232 e. The van der Waals surface area contributed by atoms with Gasteiger partial charge in [0.05, 0.1) is 5.92 Å². The van der Waals surface area contributed by atoms with Crippen LogP contribution in [0.3, 0.4) is 0 Å². The molecule has 2 aromatic carbocycles. The second-order valence-corrected chi connectivity index (χ2v) is 7.13. The van der Waals surface area contributed by atoms with Crippen molar-refractivity contribution in [3.63, 3.8) is 0 Å². The zero-order valence-corrected chi connectivity index (χ0v) is 15.1. The van der Waals surface area contributed by atoms with E-state index in [1.54, 1.807) is 0 Å². The standard InChI is InChI=1S/C22H19FN2O3/c23-15-6-8-16(9-7-15)24-22(28)17-12-20(27)25-18-10-14(11-19(26)21(17)18)13-4-2-1-3-5-13/h1-9,14,17H,10-12H2,(H,24,28)(H,25,27)/t14-,17-/m1/s1. The van der Waals surface area contributed by atoms with Gasteiger partial charge in [0.2, 0.25) is 11.8 Å². The Labute approximate surface area is 161 Å². The number of allylic oxidation sites excluding steroid dienone is 1. The van der Waals surface area contributed by atoms with Crippen molar-refractivity contribution < 1.29 is 18.8 Å². The van der Waals surface area contributed by atoms with Crippen LogP contribution < -0.4 is 10.6 Å². The summed E-state index contributed by atoms with van der Waals surface area (Å²) < 4.78 is 13.1. The third-order valence-corrected chi connectivity index (χ3v) is 5.24. The molecule has 6 heteroatoms. The number of ketones is 1. The molecular formula is C22H19FN2O3. The molecular weight excluding hydrogens is 359 g/mol. The minimum Gasteiger partial charge on any atom is -0.329 e. The first-order valence-electron chi connectivity index (χ1n) is 9.18. The lowest BCUT2D eigenvalue weighted by atomic mass is 9.75. The lowest BCUT2D eigenvalue weighted by Crippen LogP contribution is -2.43. The molecule has 2 aliphatic rings. The second-order valence-electron chi connectivity index (χ2n) is 7.13. The third kappa shape index (κ3) is 3.58. The minimum atomic E-state index is -0.835. The van der Waals surface area contributed by atoms with Gasteiger partial charge in [0, 0.05) is 29.8 Å². The molecule has 0 saturated heterocycles. The van der Waals surface area contributed by atoms with E-state index in [0.29, 0.717) is 29.8 Å². The SMILES string of the molecule is O=C1C[C@@H](C(=O)Nc2ccc(F)cc2)C2=C(C[C@@H](c3ccccc3)CC2=O)N1. The Morgan fingerprint density at radius 2 is 1.68 bits per heavy atom. The molecule has 0 radical (unpaired) electrons. The maximum atomic E-state index is 13.1. The molecule has 0 fully saturated rings. The van der Waals surface area contributed by atoms with Crippen molar-refractivity contribution in [1.82, 2.24) is 5.32 Å². The Balaban J connectivity index is 1.60. The maximum absolute atomic E-state index is 13.1. The van der Waals surface area contributed by atoms with Crippen molar-refractivity contribution in [2.24, 2.45) is 5.92 Å². The summed E-state index contributed by atoms with van der Waals surface area (Å²) in [6, 6.07) is 15.0. The van der Waals surface area contributed by atoms with Crippen molar-refractivity contribution in [2.75, 3.05) is 5.32 Å².